The van der Waals surface area contributed by atoms with Crippen LogP contribution >= 0.6 is 0 Å². The lowest BCUT2D eigenvalue weighted by Gasteiger charge is -2.41. The third-order valence-electron chi connectivity index (χ3n) is 9.07. The number of nitrogens with zero attached hydrogens (tertiary/aromatic N) is 1. The lowest BCUT2D eigenvalue weighted by Crippen LogP contribution is -2.54. The summed E-state index contributed by atoms with van der Waals surface area (Å²) >= 11 is 0. The minimum Gasteiger partial charge on any atom is -0.461 e. The predicted molar refractivity (Wildman–Crippen MR) is 173 cm³/mol. The molecule has 0 radical (unpaired) electrons. The molecule has 6 rings (SSSR count). The monoisotopic (exact) mass is 590 g/mol. The summed E-state index contributed by atoms with van der Waals surface area (Å²) in [6.45, 7) is 8.73. The second-order valence-electron chi connectivity index (χ2n) is 12.2. The average molecular weight is 591 g/mol. The number of rotatable bonds is 7. The van der Waals surface area contributed by atoms with E-state index in [2.05, 4.69) is 17.4 Å². The first kappa shape index (κ1) is 29.4. The number of likely N-dealkylation sites (tertiary alicyclic amines) is 1. The number of nitrogens with one attached hydrogen (secondary N) is 1. The lowest BCUT2D eigenvalue weighted by atomic mass is 9.71. The van der Waals surface area contributed by atoms with Crippen molar-refractivity contribution in [2.45, 2.75) is 64.8 Å². The van der Waals surface area contributed by atoms with Gasteiger partial charge >= 0.3 is 5.63 Å². The smallest absolute Gasteiger partial charge is 0.339 e. The highest BCUT2D eigenvalue weighted by Crippen LogP contribution is 2.38. The number of carbonyl (C=O) groups excluding carboxylic acids is 2. The fourth-order valence-corrected chi connectivity index (χ4v) is 6.69. The van der Waals surface area contributed by atoms with Crippen molar-refractivity contribution < 1.29 is 18.4 Å². The van der Waals surface area contributed by atoms with Crippen molar-refractivity contribution in [2.24, 2.45) is 0 Å². The molecule has 0 saturated carbocycles. The number of fused-ring (bicyclic) bond motifs is 2. The van der Waals surface area contributed by atoms with Crippen LogP contribution in [0.1, 0.15) is 55.6 Å². The molecule has 44 heavy (non-hydrogen) atoms. The lowest BCUT2D eigenvalue weighted by molar-refractivity contribution is -0.137. The standard InChI is InChI=1S/C37H38N2O5/c1-23(2)38-36(42)37(27-13-9-6-10-14-27)17-19-39(20-18-37)33(40)16-15-28-24(3)29-21-30-32(22-31(29)44-35(28)41)43-25(4)34(30)26-11-7-5-8-12-26/h5-14,21-23H,15-20H2,1-4H3,(H,38,42). The Morgan fingerprint density at radius 3 is 2.18 bits per heavy atom. The molecule has 1 aliphatic rings. The van der Waals surface area contributed by atoms with Gasteiger partial charge in [0, 0.05) is 53.5 Å². The van der Waals surface area contributed by atoms with E-state index in [1.807, 2.05) is 87.2 Å². The normalized spacial score (nSPS) is 14.8. The van der Waals surface area contributed by atoms with E-state index >= 15 is 0 Å². The van der Waals surface area contributed by atoms with Gasteiger partial charge in [-0.25, -0.2) is 4.79 Å². The van der Waals surface area contributed by atoms with E-state index in [4.69, 9.17) is 8.83 Å². The van der Waals surface area contributed by atoms with Crippen LogP contribution in [0.15, 0.2) is 86.4 Å². The number of piperidine rings is 1. The van der Waals surface area contributed by atoms with E-state index in [9.17, 15) is 14.4 Å². The molecular weight excluding hydrogens is 552 g/mol. The zero-order valence-electron chi connectivity index (χ0n) is 25.7. The molecule has 7 nitrogen and oxygen atoms in total. The zero-order chi connectivity index (χ0) is 31.0. The van der Waals surface area contributed by atoms with Gasteiger partial charge in [-0.1, -0.05) is 60.7 Å². The maximum atomic E-state index is 13.4. The molecule has 3 aromatic carbocycles. The van der Waals surface area contributed by atoms with E-state index in [0.717, 1.165) is 38.8 Å². The first-order valence-electron chi connectivity index (χ1n) is 15.4. The van der Waals surface area contributed by atoms with Crippen LogP contribution in [0.2, 0.25) is 0 Å². The highest BCUT2D eigenvalue weighted by atomic mass is 16.4. The second kappa shape index (κ2) is 11.8. The van der Waals surface area contributed by atoms with Gasteiger partial charge < -0.3 is 19.1 Å². The van der Waals surface area contributed by atoms with Gasteiger partial charge in [0.2, 0.25) is 11.8 Å². The average Bonchev–Trinajstić information content (AvgIpc) is 3.34. The third kappa shape index (κ3) is 5.32. The van der Waals surface area contributed by atoms with Gasteiger partial charge in [-0.2, -0.15) is 0 Å². The summed E-state index contributed by atoms with van der Waals surface area (Å²) in [5, 5.41) is 4.89. The van der Waals surface area contributed by atoms with E-state index in [-0.39, 0.29) is 30.7 Å². The van der Waals surface area contributed by atoms with Crippen molar-refractivity contribution in [3.05, 3.63) is 106 Å². The Kier molecular flexibility index (Phi) is 7.89. The minimum atomic E-state index is -0.673. The van der Waals surface area contributed by atoms with Gasteiger partial charge in [0.05, 0.1) is 5.41 Å². The van der Waals surface area contributed by atoms with Crippen molar-refractivity contribution in [3.63, 3.8) is 0 Å². The number of benzene rings is 3. The van der Waals surface area contributed by atoms with Crippen LogP contribution in [0.4, 0.5) is 0 Å². The van der Waals surface area contributed by atoms with Crippen LogP contribution in [0.3, 0.4) is 0 Å². The Balaban J connectivity index is 1.22. The van der Waals surface area contributed by atoms with Crippen LogP contribution in [-0.4, -0.2) is 35.8 Å². The summed E-state index contributed by atoms with van der Waals surface area (Å²) in [6, 6.07) is 23.8. The largest absolute Gasteiger partial charge is 0.461 e. The molecule has 0 aliphatic carbocycles. The molecule has 1 N–H and O–H groups in total. The molecule has 7 heteroatoms. The number of hydrogen-bond donors (Lipinski definition) is 1. The van der Waals surface area contributed by atoms with Gasteiger partial charge in [0.15, 0.2) is 0 Å². The Labute approximate surface area is 256 Å². The van der Waals surface area contributed by atoms with E-state index in [1.165, 1.54) is 0 Å². The van der Waals surface area contributed by atoms with Crippen LogP contribution in [0, 0.1) is 13.8 Å². The summed E-state index contributed by atoms with van der Waals surface area (Å²) in [7, 11) is 0. The summed E-state index contributed by atoms with van der Waals surface area (Å²) in [5.41, 5.74) is 4.41. The first-order chi connectivity index (χ1) is 21.2. The number of carbonyl (C=O) groups is 2. The summed E-state index contributed by atoms with van der Waals surface area (Å²) < 4.78 is 11.8. The van der Waals surface area contributed by atoms with Gasteiger partial charge in [0.25, 0.3) is 0 Å². The Morgan fingerprint density at radius 2 is 1.52 bits per heavy atom. The molecule has 5 aromatic rings. The summed E-state index contributed by atoms with van der Waals surface area (Å²) in [5.74, 6) is 0.779. The highest BCUT2D eigenvalue weighted by Gasteiger charge is 2.43. The van der Waals surface area contributed by atoms with Crippen LogP contribution in [-0.2, 0) is 21.4 Å². The zero-order valence-corrected chi connectivity index (χ0v) is 25.7. The fourth-order valence-electron chi connectivity index (χ4n) is 6.69. The van der Waals surface area contributed by atoms with Crippen molar-refractivity contribution in [3.8, 4) is 11.1 Å². The summed E-state index contributed by atoms with van der Waals surface area (Å²) in [4.78, 5) is 41.8. The highest BCUT2D eigenvalue weighted by molar-refractivity contribution is 6.03. The topological polar surface area (TPSA) is 92.8 Å². The van der Waals surface area contributed by atoms with Crippen LogP contribution < -0.4 is 10.9 Å². The first-order valence-corrected chi connectivity index (χ1v) is 15.4. The molecule has 226 valence electrons. The van der Waals surface area contributed by atoms with Gasteiger partial charge in [0.1, 0.15) is 16.9 Å². The minimum absolute atomic E-state index is 0.00698. The molecule has 0 spiro atoms. The molecule has 0 bridgehead atoms. The van der Waals surface area contributed by atoms with E-state index in [0.29, 0.717) is 42.7 Å². The van der Waals surface area contributed by atoms with Gasteiger partial charge in [-0.3, -0.25) is 9.59 Å². The molecule has 1 aliphatic heterocycles. The number of aryl methyl sites for hydroxylation is 2. The number of furan rings is 1. The van der Waals surface area contributed by atoms with Crippen molar-refractivity contribution in [1.29, 1.82) is 0 Å². The van der Waals surface area contributed by atoms with Crippen LogP contribution in [0.5, 0.6) is 0 Å². The summed E-state index contributed by atoms with van der Waals surface area (Å²) in [6.07, 6.45) is 1.56. The Bertz CT molecular complexity index is 1900. The Hall–Kier alpha value is -4.65. The third-order valence-corrected chi connectivity index (χ3v) is 9.07. The van der Waals surface area contributed by atoms with Gasteiger partial charge in [-0.05, 0) is 69.7 Å². The maximum absolute atomic E-state index is 13.4. The SMILES string of the molecule is Cc1oc2cc3oc(=O)c(CCC(=O)N4CCC(C(=O)NC(C)C)(c5ccccc5)CC4)c(C)c3cc2c1-c1ccccc1. The van der Waals surface area contributed by atoms with E-state index < -0.39 is 11.0 Å². The second-order valence-corrected chi connectivity index (χ2v) is 12.2. The quantitative estimate of drug-likeness (QED) is 0.210. The molecule has 2 aromatic heterocycles. The molecule has 1 saturated heterocycles. The van der Waals surface area contributed by atoms with Crippen molar-refractivity contribution in [1.82, 2.24) is 10.2 Å². The number of amides is 2. The molecule has 0 unspecified atom stereocenters. The predicted octanol–water partition coefficient (Wildman–Crippen LogP) is 6.84. The molecule has 0 atom stereocenters. The molecular formula is C37H38N2O5. The van der Waals surface area contributed by atoms with Crippen molar-refractivity contribution >= 4 is 33.8 Å². The number of hydrogen-bond acceptors (Lipinski definition) is 5. The maximum Gasteiger partial charge on any atom is 0.339 e. The molecule has 1 fully saturated rings. The van der Waals surface area contributed by atoms with E-state index in [1.54, 1.807) is 6.07 Å². The van der Waals surface area contributed by atoms with Crippen molar-refractivity contribution in [2.75, 3.05) is 13.1 Å². The van der Waals surface area contributed by atoms with Gasteiger partial charge in [-0.15, -0.1) is 0 Å². The fraction of sp³-hybridized carbons (Fsp3) is 0.324. The Morgan fingerprint density at radius 1 is 0.886 bits per heavy atom. The van der Waals surface area contributed by atoms with Crippen LogP contribution in [0.25, 0.3) is 33.1 Å². The molecule has 3 heterocycles. The molecule has 2 amide bonds.